The van der Waals surface area contributed by atoms with Crippen molar-refractivity contribution in [3.8, 4) is 0 Å². The van der Waals surface area contributed by atoms with Gasteiger partial charge in [0.15, 0.2) is 5.82 Å². The normalized spacial score (nSPS) is 18.6. The number of urea groups is 1. The predicted octanol–water partition coefficient (Wildman–Crippen LogP) is 7.09. The number of hydrogen-bond donors (Lipinski definition) is 3. The summed E-state index contributed by atoms with van der Waals surface area (Å²) in [5.41, 5.74) is 11.0. The number of aromatic nitrogens is 3. The molecule has 1 aliphatic carbocycles. The van der Waals surface area contributed by atoms with Crippen molar-refractivity contribution in [3.63, 3.8) is 0 Å². The summed E-state index contributed by atoms with van der Waals surface area (Å²) in [7, 11) is 0. The minimum atomic E-state index is -0.689. The highest BCUT2D eigenvalue weighted by molar-refractivity contribution is 5.89. The summed E-state index contributed by atoms with van der Waals surface area (Å²) < 4.78 is 0. The molecule has 3 heterocycles. The minimum absolute atomic E-state index is 0.132. The van der Waals surface area contributed by atoms with Crippen LogP contribution < -0.4 is 5.73 Å². The number of benzene rings is 1. The highest BCUT2D eigenvalue weighted by Gasteiger charge is 2.36. The number of pyridine rings is 1. The van der Waals surface area contributed by atoms with Crippen LogP contribution in [0.1, 0.15) is 57.6 Å². The monoisotopic (exact) mass is 582 g/mol. The van der Waals surface area contributed by atoms with Crippen molar-refractivity contribution < 1.29 is 9.90 Å². The minimum Gasteiger partial charge on any atom is -0.391 e. The lowest BCUT2D eigenvalue weighted by Crippen LogP contribution is -2.48. The number of fused-ring (bicyclic) bond motifs is 1. The number of aliphatic hydroxyl groups excluding tert-OH is 1. The Morgan fingerprint density at radius 3 is 2.63 bits per heavy atom. The van der Waals surface area contributed by atoms with Crippen molar-refractivity contribution in [3.05, 3.63) is 115 Å². The van der Waals surface area contributed by atoms with E-state index in [1.807, 2.05) is 50.3 Å². The largest absolute Gasteiger partial charge is 0.391 e. The van der Waals surface area contributed by atoms with Crippen molar-refractivity contribution in [2.75, 3.05) is 12.3 Å². The molecule has 2 unspecified atom stereocenters. The lowest BCUT2D eigenvalue weighted by Gasteiger charge is -2.34. The number of amides is 2. The molecule has 1 aromatic carbocycles. The fraction of sp³-hybridized carbons (Fsp3) is 0.343. The summed E-state index contributed by atoms with van der Waals surface area (Å²) in [6.07, 6.45) is 18.1. The van der Waals surface area contributed by atoms with Crippen LogP contribution in [0.2, 0.25) is 0 Å². The van der Waals surface area contributed by atoms with Crippen LogP contribution in [0, 0.1) is 0 Å². The lowest BCUT2D eigenvalue weighted by atomic mass is 9.97. The van der Waals surface area contributed by atoms with Crippen LogP contribution in [0.5, 0.6) is 0 Å². The quantitative estimate of drug-likeness (QED) is 0.246. The number of nitrogens with one attached hydrogen (secondary N) is 1. The smallest absolute Gasteiger partial charge is 0.320 e. The van der Waals surface area contributed by atoms with Gasteiger partial charge >= 0.3 is 6.03 Å². The predicted molar refractivity (Wildman–Crippen MR) is 177 cm³/mol. The molecule has 2 aliphatic rings. The second kappa shape index (κ2) is 16.9. The zero-order chi connectivity index (χ0) is 31.2. The first-order valence-electron chi connectivity index (χ1n) is 15.0. The Balaban J connectivity index is 0.000000487. The molecule has 2 aromatic heterocycles. The van der Waals surface area contributed by atoms with E-state index in [1.165, 1.54) is 18.4 Å². The maximum atomic E-state index is 13.8. The third-order valence-corrected chi connectivity index (χ3v) is 7.38. The summed E-state index contributed by atoms with van der Waals surface area (Å²) >= 11 is 0. The van der Waals surface area contributed by atoms with Gasteiger partial charge in [-0.05, 0) is 67.5 Å². The third-order valence-electron chi connectivity index (χ3n) is 7.38. The molecule has 0 bridgehead atoms. The van der Waals surface area contributed by atoms with E-state index >= 15 is 0 Å². The van der Waals surface area contributed by atoms with Crippen molar-refractivity contribution in [2.45, 2.75) is 71.7 Å². The average molecular weight is 583 g/mol. The van der Waals surface area contributed by atoms with E-state index in [2.05, 4.69) is 53.5 Å². The number of allylic oxidation sites excluding steroid dienone is 7. The number of aliphatic hydroxyl groups is 1. The fourth-order valence-electron chi connectivity index (χ4n) is 5.13. The van der Waals surface area contributed by atoms with E-state index in [-0.39, 0.29) is 6.03 Å². The van der Waals surface area contributed by atoms with Crippen molar-refractivity contribution >= 4 is 22.8 Å². The van der Waals surface area contributed by atoms with E-state index in [1.54, 1.807) is 34.3 Å². The molecule has 0 saturated carbocycles. The van der Waals surface area contributed by atoms with E-state index < -0.39 is 12.1 Å². The molecular weight excluding hydrogens is 536 g/mol. The zero-order valence-corrected chi connectivity index (χ0v) is 25.7. The second-order valence-electron chi connectivity index (χ2n) is 10.4. The van der Waals surface area contributed by atoms with Gasteiger partial charge in [-0.15, -0.1) is 0 Å². The van der Waals surface area contributed by atoms with E-state index in [0.29, 0.717) is 38.3 Å². The average Bonchev–Trinajstić information content (AvgIpc) is 3.37. The van der Waals surface area contributed by atoms with Gasteiger partial charge in [0.2, 0.25) is 0 Å². The molecule has 4 N–H and O–H groups in total. The Morgan fingerprint density at radius 1 is 1.19 bits per heavy atom. The number of hydrogen-bond acceptors (Lipinski definition) is 5. The van der Waals surface area contributed by atoms with Crippen molar-refractivity contribution in [2.24, 2.45) is 0 Å². The van der Waals surface area contributed by atoms with Crippen LogP contribution in [0.4, 0.5) is 10.6 Å². The van der Waals surface area contributed by atoms with Gasteiger partial charge in [0.25, 0.3) is 0 Å². The zero-order valence-electron chi connectivity index (χ0n) is 25.7. The topological polar surface area (TPSA) is 111 Å². The van der Waals surface area contributed by atoms with Gasteiger partial charge in [-0.3, -0.25) is 10.1 Å². The van der Waals surface area contributed by atoms with Gasteiger partial charge < -0.3 is 20.6 Å². The molecule has 2 amide bonds. The van der Waals surface area contributed by atoms with Gasteiger partial charge in [0.1, 0.15) is 0 Å². The summed E-state index contributed by atoms with van der Waals surface area (Å²) in [5.74, 6) is 0.429. The van der Waals surface area contributed by atoms with Crippen LogP contribution in [0.3, 0.4) is 0 Å². The van der Waals surface area contributed by atoms with E-state index in [4.69, 9.17) is 5.73 Å². The number of H-pyrrole nitrogens is 1. The summed E-state index contributed by atoms with van der Waals surface area (Å²) in [6.45, 7) is 15.0. The summed E-state index contributed by atoms with van der Waals surface area (Å²) in [5, 5.41) is 18.9. The first kappa shape index (κ1) is 33.1. The molecule has 5 rings (SSSR count). The molecule has 228 valence electrons. The molecule has 8 nitrogen and oxygen atoms in total. The highest BCUT2D eigenvalue weighted by Crippen LogP contribution is 2.27. The van der Waals surface area contributed by atoms with Crippen LogP contribution in [-0.4, -0.2) is 54.8 Å². The summed E-state index contributed by atoms with van der Waals surface area (Å²) in [4.78, 5) is 21.6. The Bertz CT molecular complexity index is 1440. The van der Waals surface area contributed by atoms with Gasteiger partial charge in [0.05, 0.1) is 17.7 Å². The molecule has 1 saturated heterocycles. The Morgan fingerprint density at radius 2 is 2.00 bits per heavy atom. The summed E-state index contributed by atoms with van der Waals surface area (Å²) in [6, 6.07) is 9.06. The number of nitrogens with zero attached hydrogens (tertiary/aromatic N) is 4. The lowest BCUT2D eigenvalue weighted by molar-refractivity contribution is 0.0682. The second-order valence-corrected chi connectivity index (χ2v) is 10.4. The van der Waals surface area contributed by atoms with Crippen molar-refractivity contribution in [1.82, 2.24) is 25.0 Å². The SMILES string of the molecule is C=C/C=C(\C=C)CC1C(O)CCN(Cc2ccc3[nH]nc(N)c3c2)C(=O)N1Cc1cccnc1.CC.CC1=CCCC=C1. The maximum Gasteiger partial charge on any atom is 0.320 e. The molecule has 43 heavy (non-hydrogen) atoms. The molecule has 2 atom stereocenters. The van der Waals surface area contributed by atoms with Gasteiger partial charge in [-0.2, -0.15) is 5.10 Å². The number of carbonyl (C=O) groups excluding carboxylic acids is 1. The molecule has 1 fully saturated rings. The number of rotatable bonds is 8. The third kappa shape index (κ3) is 9.28. The molecular formula is C35H46N6O2. The van der Waals surface area contributed by atoms with Crippen LogP contribution in [-0.2, 0) is 13.1 Å². The van der Waals surface area contributed by atoms with Crippen LogP contribution in [0.15, 0.2) is 103 Å². The fourth-order valence-corrected chi connectivity index (χ4v) is 5.13. The number of aromatic amines is 1. The first-order chi connectivity index (χ1) is 20.9. The van der Waals surface area contributed by atoms with Gasteiger partial charge in [-0.1, -0.05) is 81.2 Å². The molecule has 1 aliphatic heterocycles. The molecule has 3 aromatic rings. The van der Waals surface area contributed by atoms with Gasteiger partial charge in [-0.25, -0.2) is 4.79 Å². The number of anilines is 1. The number of nitrogen functional groups attached to an aromatic ring is 1. The maximum absolute atomic E-state index is 13.8. The number of carbonyl (C=O) groups is 1. The van der Waals surface area contributed by atoms with Gasteiger partial charge in [0, 0.05) is 37.4 Å². The van der Waals surface area contributed by atoms with E-state index in [9.17, 15) is 9.90 Å². The number of nitrogens with two attached hydrogens (primary N) is 1. The van der Waals surface area contributed by atoms with Crippen molar-refractivity contribution in [1.29, 1.82) is 0 Å². The van der Waals surface area contributed by atoms with E-state index in [0.717, 1.165) is 27.6 Å². The van der Waals surface area contributed by atoms with Crippen LogP contribution in [0.25, 0.3) is 10.9 Å². The molecule has 0 spiro atoms. The molecule has 8 heteroatoms. The standard InChI is InChI=1S/C26H30N6O2.C7H10.C2H6/c1-3-6-18(4-2)14-23-24(33)10-12-31(26(34)32(23)17-20-7-5-11-28-15-20)16-19-8-9-22-21(13-19)25(27)30-29-22;1-7-5-3-2-4-6-7;1-2/h3-9,11,13,15,23-24,33H,1-2,10,12,14,16-17H2,(H3,27,29,30);3,5-6H,2,4H2,1H3;1-2H3/b18-6+;;. The van der Waals surface area contributed by atoms with Crippen LogP contribution >= 0.6 is 0 Å². The Kier molecular flexibility index (Phi) is 13.0. The molecule has 0 radical (unpaired) electrons. The first-order valence-corrected chi connectivity index (χ1v) is 15.0. The Labute approximate surface area is 256 Å². The Hall–Kier alpha value is -4.43. The highest BCUT2D eigenvalue weighted by atomic mass is 16.3.